The quantitative estimate of drug-likeness (QED) is 0.891. The second-order valence-electron chi connectivity index (χ2n) is 4.85. The van der Waals surface area contributed by atoms with E-state index in [4.69, 9.17) is 10.7 Å². The second-order valence-corrected chi connectivity index (χ2v) is 7.05. The molecule has 1 fully saturated rings. The Morgan fingerprint density at radius 2 is 2.38 bits per heavy atom. The molecule has 2 nitrogen and oxygen atoms in total. The lowest BCUT2D eigenvalue weighted by molar-refractivity contribution is 0.503. The smallest absolute Gasteiger partial charge is 0.106 e. The van der Waals surface area contributed by atoms with E-state index in [1.165, 1.54) is 23.6 Å². The number of thioether (sulfide) groups is 1. The third-order valence-electron chi connectivity index (χ3n) is 2.85. The van der Waals surface area contributed by atoms with Crippen LogP contribution in [0.5, 0.6) is 0 Å². The van der Waals surface area contributed by atoms with E-state index >= 15 is 0 Å². The van der Waals surface area contributed by atoms with Crippen LogP contribution in [0.15, 0.2) is 5.38 Å². The lowest BCUT2D eigenvalue weighted by Crippen LogP contribution is -2.13. The van der Waals surface area contributed by atoms with Gasteiger partial charge in [0.1, 0.15) is 5.01 Å². The van der Waals surface area contributed by atoms with Crippen LogP contribution in [0.25, 0.3) is 0 Å². The summed E-state index contributed by atoms with van der Waals surface area (Å²) in [5.41, 5.74) is 7.24. The Morgan fingerprint density at radius 1 is 1.56 bits per heavy atom. The summed E-state index contributed by atoms with van der Waals surface area (Å²) in [6, 6.07) is 0.122. The van der Waals surface area contributed by atoms with Crippen molar-refractivity contribution in [2.75, 3.05) is 5.75 Å². The standard InChI is InChI=1S/C12H20N2S2/c1-8(2)6-9(13)10-7-16-12(14-10)11-4-3-5-15-11/h7-9,11H,3-6,13H2,1-2H3. The van der Waals surface area contributed by atoms with Crippen LogP contribution in [-0.2, 0) is 0 Å². The van der Waals surface area contributed by atoms with Gasteiger partial charge in [-0.05, 0) is 30.9 Å². The first kappa shape index (κ1) is 12.4. The summed E-state index contributed by atoms with van der Waals surface area (Å²) < 4.78 is 0. The fraction of sp³-hybridized carbons (Fsp3) is 0.750. The molecule has 90 valence electrons. The molecular weight excluding hydrogens is 236 g/mol. The highest BCUT2D eigenvalue weighted by Gasteiger charge is 2.22. The van der Waals surface area contributed by atoms with Crippen molar-refractivity contribution >= 4 is 23.1 Å². The van der Waals surface area contributed by atoms with Crippen LogP contribution >= 0.6 is 23.1 Å². The molecule has 0 radical (unpaired) electrons. The molecule has 16 heavy (non-hydrogen) atoms. The van der Waals surface area contributed by atoms with Crippen molar-refractivity contribution in [3.05, 3.63) is 16.1 Å². The maximum absolute atomic E-state index is 6.15. The molecule has 0 aromatic carbocycles. The van der Waals surface area contributed by atoms with Gasteiger partial charge in [0, 0.05) is 11.4 Å². The minimum Gasteiger partial charge on any atom is -0.323 e. The zero-order valence-corrected chi connectivity index (χ0v) is 11.6. The fourth-order valence-electron chi connectivity index (χ4n) is 2.02. The van der Waals surface area contributed by atoms with Crippen LogP contribution in [0.4, 0.5) is 0 Å². The van der Waals surface area contributed by atoms with Gasteiger partial charge in [0.05, 0.1) is 10.9 Å². The summed E-state index contributed by atoms with van der Waals surface area (Å²) in [5.74, 6) is 1.93. The number of hydrogen-bond donors (Lipinski definition) is 1. The summed E-state index contributed by atoms with van der Waals surface area (Å²) in [6.07, 6.45) is 3.65. The molecule has 0 saturated carbocycles. The first-order valence-electron chi connectivity index (χ1n) is 5.99. The van der Waals surface area contributed by atoms with E-state index in [9.17, 15) is 0 Å². The maximum atomic E-state index is 6.15. The number of hydrogen-bond acceptors (Lipinski definition) is 4. The Balaban J connectivity index is 2.00. The fourth-order valence-corrected chi connectivity index (χ4v) is 4.43. The predicted molar refractivity (Wildman–Crippen MR) is 72.9 cm³/mol. The molecule has 0 amide bonds. The molecule has 1 aromatic rings. The summed E-state index contributed by atoms with van der Waals surface area (Å²) in [5, 5.41) is 4.09. The lowest BCUT2D eigenvalue weighted by atomic mass is 10.0. The normalized spacial score (nSPS) is 22.9. The second kappa shape index (κ2) is 5.52. The maximum Gasteiger partial charge on any atom is 0.106 e. The number of nitrogens with two attached hydrogens (primary N) is 1. The van der Waals surface area contributed by atoms with Crippen molar-refractivity contribution in [1.82, 2.24) is 4.98 Å². The van der Waals surface area contributed by atoms with Crippen molar-refractivity contribution in [2.24, 2.45) is 11.7 Å². The van der Waals surface area contributed by atoms with Gasteiger partial charge >= 0.3 is 0 Å². The highest BCUT2D eigenvalue weighted by atomic mass is 32.2. The summed E-state index contributed by atoms with van der Waals surface area (Å²) in [4.78, 5) is 4.72. The first-order valence-corrected chi connectivity index (χ1v) is 7.92. The Labute approximate surface area is 106 Å². The molecule has 4 heteroatoms. The van der Waals surface area contributed by atoms with Crippen LogP contribution in [-0.4, -0.2) is 10.7 Å². The molecule has 2 unspecified atom stereocenters. The van der Waals surface area contributed by atoms with Gasteiger partial charge in [-0.3, -0.25) is 0 Å². The topological polar surface area (TPSA) is 38.9 Å². The Bertz CT molecular complexity index is 330. The van der Waals surface area contributed by atoms with Gasteiger partial charge in [-0.2, -0.15) is 11.8 Å². The van der Waals surface area contributed by atoms with Gasteiger partial charge in [0.2, 0.25) is 0 Å². The van der Waals surface area contributed by atoms with Crippen molar-refractivity contribution < 1.29 is 0 Å². The van der Waals surface area contributed by atoms with Crippen LogP contribution in [0, 0.1) is 5.92 Å². The molecule has 1 aliphatic rings. The van der Waals surface area contributed by atoms with E-state index in [1.54, 1.807) is 11.3 Å². The van der Waals surface area contributed by atoms with Crippen molar-refractivity contribution in [2.45, 2.75) is 44.4 Å². The largest absolute Gasteiger partial charge is 0.323 e. The van der Waals surface area contributed by atoms with E-state index in [1.807, 2.05) is 11.8 Å². The zero-order valence-electron chi connectivity index (χ0n) is 9.98. The molecule has 2 N–H and O–H groups in total. The molecule has 2 heterocycles. The summed E-state index contributed by atoms with van der Waals surface area (Å²) in [6.45, 7) is 4.42. The van der Waals surface area contributed by atoms with Crippen LogP contribution in [0.3, 0.4) is 0 Å². The summed E-state index contributed by atoms with van der Waals surface area (Å²) >= 11 is 3.83. The summed E-state index contributed by atoms with van der Waals surface area (Å²) in [7, 11) is 0. The lowest BCUT2D eigenvalue weighted by Gasteiger charge is -2.11. The average Bonchev–Trinajstić information content (AvgIpc) is 2.87. The van der Waals surface area contributed by atoms with E-state index in [2.05, 4.69) is 19.2 Å². The van der Waals surface area contributed by atoms with Gasteiger partial charge in [0.25, 0.3) is 0 Å². The number of thiazole rings is 1. The highest BCUT2D eigenvalue weighted by molar-refractivity contribution is 7.99. The van der Waals surface area contributed by atoms with Crippen molar-refractivity contribution in [3.8, 4) is 0 Å². The monoisotopic (exact) mass is 256 g/mol. The van der Waals surface area contributed by atoms with Crippen LogP contribution in [0.1, 0.15) is 55.1 Å². The molecule has 0 spiro atoms. The molecule has 0 aliphatic carbocycles. The Kier molecular flexibility index (Phi) is 4.27. The average molecular weight is 256 g/mol. The van der Waals surface area contributed by atoms with E-state index in [0.717, 1.165) is 12.1 Å². The van der Waals surface area contributed by atoms with E-state index in [0.29, 0.717) is 11.2 Å². The zero-order chi connectivity index (χ0) is 11.5. The highest BCUT2D eigenvalue weighted by Crippen LogP contribution is 2.41. The molecule has 2 atom stereocenters. The van der Waals surface area contributed by atoms with Gasteiger partial charge in [-0.15, -0.1) is 11.3 Å². The molecule has 1 saturated heterocycles. The minimum atomic E-state index is 0.122. The first-order chi connectivity index (χ1) is 7.66. The van der Waals surface area contributed by atoms with E-state index in [-0.39, 0.29) is 6.04 Å². The molecule has 2 rings (SSSR count). The SMILES string of the molecule is CC(C)CC(N)c1csc(C2CCCS2)n1. The Hall–Kier alpha value is -0.0600. The van der Waals surface area contributed by atoms with Gasteiger partial charge in [-0.25, -0.2) is 4.98 Å². The number of aromatic nitrogens is 1. The van der Waals surface area contributed by atoms with Gasteiger partial charge in [-0.1, -0.05) is 13.8 Å². The third kappa shape index (κ3) is 2.99. The van der Waals surface area contributed by atoms with Gasteiger partial charge < -0.3 is 5.73 Å². The predicted octanol–water partition coefficient (Wildman–Crippen LogP) is 3.76. The van der Waals surface area contributed by atoms with E-state index < -0.39 is 0 Å². The minimum absolute atomic E-state index is 0.122. The molecule has 1 aromatic heterocycles. The van der Waals surface area contributed by atoms with Crippen molar-refractivity contribution in [1.29, 1.82) is 0 Å². The molecule has 0 bridgehead atoms. The number of nitrogens with zero attached hydrogens (tertiary/aromatic N) is 1. The number of rotatable bonds is 4. The van der Waals surface area contributed by atoms with Crippen LogP contribution in [0.2, 0.25) is 0 Å². The van der Waals surface area contributed by atoms with Crippen LogP contribution < -0.4 is 5.73 Å². The third-order valence-corrected chi connectivity index (χ3v) is 5.36. The van der Waals surface area contributed by atoms with Gasteiger partial charge in [0.15, 0.2) is 0 Å². The van der Waals surface area contributed by atoms with Crippen molar-refractivity contribution in [3.63, 3.8) is 0 Å². The molecular formula is C12H20N2S2. The molecule has 1 aliphatic heterocycles. The Morgan fingerprint density at radius 3 is 3.00 bits per heavy atom.